The molecule has 0 aliphatic carbocycles. The van der Waals surface area contributed by atoms with Crippen LogP contribution in [0.4, 0.5) is 5.69 Å². The average molecular weight is 520 g/mol. The van der Waals surface area contributed by atoms with Crippen LogP contribution in [0.15, 0.2) is 152 Å². The van der Waals surface area contributed by atoms with E-state index in [9.17, 15) is 0 Å². The van der Waals surface area contributed by atoms with Crippen LogP contribution in [-0.2, 0) is 12.8 Å². The van der Waals surface area contributed by atoms with Crippen molar-refractivity contribution in [2.45, 2.75) is 19.8 Å². The molecular formula is C38H33NO. The summed E-state index contributed by atoms with van der Waals surface area (Å²) in [6.07, 6.45) is 6.08. The van der Waals surface area contributed by atoms with Crippen molar-refractivity contribution in [3.63, 3.8) is 0 Å². The topological polar surface area (TPSA) is 12.5 Å². The van der Waals surface area contributed by atoms with Gasteiger partial charge in [0, 0.05) is 12.6 Å². The maximum atomic E-state index is 6.44. The Morgan fingerprint density at radius 3 is 2.30 bits per heavy atom. The monoisotopic (exact) mass is 519 g/mol. The molecule has 0 aromatic heterocycles. The maximum Gasteiger partial charge on any atom is 0.201 e. The van der Waals surface area contributed by atoms with Crippen LogP contribution < -0.4 is 9.64 Å². The van der Waals surface area contributed by atoms with Crippen LogP contribution in [-0.4, -0.2) is 6.54 Å². The van der Waals surface area contributed by atoms with Gasteiger partial charge in [-0.25, -0.2) is 0 Å². The number of rotatable bonds is 8. The lowest BCUT2D eigenvalue weighted by molar-refractivity contribution is 0.439. The molecule has 5 aromatic rings. The van der Waals surface area contributed by atoms with Gasteiger partial charge in [0.05, 0.1) is 5.69 Å². The summed E-state index contributed by atoms with van der Waals surface area (Å²) in [5.41, 5.74) is 8.29. The zero-order valence-corrected chi connectivity index (χ0v) is 22.9. The van der Waals surface area contributed by atoms with Gasteiger partial charge < -0.3 is 9.64 Å². The van der Waals surface area contributed by atoms with Gasteiger partial charge in [-0.15, -0.1) is 0 Å². The van der Waals surface area contributed by atoms with Crippen LogP contribution >= 0.6 is 0 Å². The molecule has 0 N–H and O–H groups in total. The fourth-order valence-electron chi connectivity index (χ4n) is 5.43. The minimum Gasteiger partial charge on any atom is -0.439 e. The molecule has 2 nitrogen and oxygen atoms in total. The van der Waals surface area contributed by atoms with E-state index in [-0.39, 0.29) is 0 Å². The van der Waals surface area contributed by atoms with E-state index in [1.54, 1.807) is 0 Å². The van der Waals surface area contributed by atoms with E-state index < -0.39 is 0 Å². The molecule has 0 saturated heterocycles. The fourth-order valence-corrected chi connectivity index (χ4v) is 5.43. The van der Waals surface area contributed by atoms with Crippen LogP contribution in [0.2, 0.25) is 0 Å². The van der Waals surface area contributed by atoms with Crippen molar-refractivity contribution in [1.29, 1.82) is 0 Å². The van der Waals surface area contributed by atoms with Gasteiger partial charge in [-0.1, -0.05) is 127 Å². The minimum atomic E-state index is 0.787. The molecular weight excluding hydrogens is 486 g/mol. The summed E-state index contributed by atoms with van der Waals surface area (Å²) < 4.78 is 6.44. The summed E-state index contributed by atoms with van der Waals surface area (Å²) >= 11 is 0. The van der Waals surface area contributed by atoms with E-state index in [1.165, 1.54) is 27.5 Å². The number of hydrogen-bond donors (Lipinski definition) is 0. The number of anilines is 1. The molecule has 1 aliphatic rings. The first-order valence-electron chi connectivity index (χ1n) is 13.9. The Hall–Kier alpha value is -4.82. The van der Waals surface area contributed by atoms with E-state index in [0.29, 0.717) is 0 Å². The number of para-hydroxylation sites is 2. The molecule has 0 unspecified atom stereocenters. The van der Waals surface area contributed by atoms with Crippen LogP contribution in [0, 0.1) is 6.92 Å². The van der Waals surface area contributed by atoms with Crippen molar-refractivity contribution in [2.75, 3.05) is 11.4 Å². The predicted molar refractivity (Wildman–Crippen MR) is 169 cm³/mol. The molecule has 0 atom stereocenters. The fraction of sp³-hybridized carbons (Fsp3) is 0.105. The van der Waals surface area contributed by atoms with E-state index in [4.69, 9.17) is 4.74 Å². The number of fused-ring (bicyclic) bond motifs is 2. The highest BCUT2D eigenvalue weighted by atomic mass is 16.5. The Morgan fingerprint density at radius 1 is 0.775 bits per heavy atom. The van der Waals surface area contributed by atoms with Crippen molar-refractivity contribution in [3.8, 4) is 5.75 Å². The predicted octanol–water partition coefficient (Wildman–Crippen LogP) is 9.31. The third-order valence-electron chi connectivity index (χ3n) is 7.58. The molecule has 0 bridgehead atoms. The summed E-state index contributed by atoms with van der Waals surface area (Å²) in [6.45, 7) is 7.52. The first-order valence-corrected chi connectivity index (χ1v) is 13.9. The smallest absolute Gasteiger partial charge is 0.201 e. The van der Waals surface area contributed by atoms with Gasteiger partial charge in [-0.2, -0.15) is 0 Å². The highest BCUT2D eigenvalue weighted by Crippen LogP contribution is 2.40. The number of benzene rings is 5. The van der Waals surface area contributed by atoms with Gasteiger partial charge in [0.2, 0.25) is 5.88 Å². The first kappa shape index (κ1) is 25.5. The lowest BCUT2D eigenvalue weighted by atomic mass is 9.94. The van der Waals surface area contributed by atoms with Gasteiger partial charge >= 0.3 is 0 Å². The van der Waals surface area contributed by atoms with E-state index in [2.05, 4.69) is 140 Å². The number of aryl methyl sites for hydroxylation is 1. The van der Waals surface area contributed by atoms with E-state index >= 15 is 0 Å². The molecule has 0 amide bonds. The molecule has 0 saturated carbocycles. The van der Waals surface area contributed by atoms with Gasteiger partial charge in [-0.05, 0) is 70.5 Å². The zero-order chi connectivity index (χ0) is 27.3. The van der Waals surface area contributed by atoms with Crippen molar-refractivity contribution < 1.29 is 4.74 Å². The Balaban J connectivity index is 1.33. The van der Waals surface area contributed by atoms with Gasteiger partial charge in [0.1, 0.15) is 0 Å². The maximum absolute atomic E-state index is 6.44. The van der Waals surface area contributed by atoms with Crippen molar-refractivity contribution in [2.24, 2.45) is 0 Å². The molecule has 196 valence electrons. The Kier molecular flexibility index (Phi) is 7.32. The molecule has 6 rings (SSSR count). The molecule has 2 heteroatoms. The molecule has 1 aliphatic heterocycles. The minimum absolute atomic E-state index is 0.787. The second-order valence-electron chi connectivity index (χ2n) is 10.3. The standard InChI is InChI=1S/C38H33NO/c1-28(25-33-22-21-32-17-9-10-18-35(32)29(33)2)26-34(31-15-7-4-8-16-31)27-38-39(24-23-30-13-5-3-6-14-30)36-19-11-12-20-37(36)40-38/h3-22,26-27H,1,23-25H2,2H3/b34-26-,38-27-. The Bertz CT molecular complexity index is 1710. The van der Waals surface area contributed by atoms with E-state index in [0.717, 1.165) is 53.4 Å². The molecule has 40 heavy (non-hydrogen) atoms. The molecule has 1 heterocycles. The Morgan fingerprint density at radius 2 is 1.48 bits per heavy atom. The highest BCUT2D eigenvalue weighted by Gasteiger charge is 2.26. The summed E-state index contributed by atoms with van der Waals surface area (Å²) in [7, 11) is 0. The van der Waals surface area contributed by atoms with Crippen LogP contribution in [0.5, 0.6) is 5.75 Å². The van der Waals surface area contributed by atoms with Crippen LogP contribution in [0.25, 0.3) is 16.3 Å². The quantitative estimate of drug-likeness (QED) is 0.189. The lowest BCUT2D eigenvalue weighted by Gasteiger charge is -2.19. The number of hydrogen-bond acceptors (Lipinski definition) is 2. The first-order chi connectivity index (χ1) is 19.7. The van der Waals surface area contributed by atoms with Gasteiger partial charge in [0.15, 0.2) is 5.75 Å². The van der Waals surface area contributed by atoms with Crippen molar-refractivity contribution in [1.82, 2.24) is 0 Å². The second-order valence-corrected chi connectivity index (χ2v) is 10.3. The molecule has 0 spiro atoms. The highest BCUT2D eigenvalue weighted by molar-refractivity contribution is 5.87. The van der Waals surface area contributed by atoms with Crippen molar-refractivity contribution in [3.05, 3.63) is 174 Å². The second kappa shape index (κ2) is 11.5. The SMILES string of the molecule is C=C(/C=C(/C=C1\Oc2ccccc2N1CCc1ccccc1)c1ccccc1)Cc1ccc2ccccc2c1C. The normalized spacial score (nSPS) is 13.9. The number of allylic oxidation sites excluding steroid dienone is 4. The molecule has 5 aromatic carbocycles. The summed E-state index contributed by atoms with van der Waals surface area (Å²) in [5, 5.41) is 2.57. The Labute approximate surface area is 237 Å². The lowest BCUT2D eigenvalue weighted by Crippen LogP contribution is -2.23. The van der Waals surface area contributed by atoms with Gasteiger partial charge in [-0.3, -0.25) is 0 Å². The van der Waals surface area contributed by atoms with E-state index in [1.807, 2.05) is 12.1 Å². The molecule has 0 fully saturated rings. The third kappa shape index (κ3) is 5.48. The zero-order valence-electron chi connectivity index (χ0n) is 22.9. The van der Waals surface area contributed by atoms with Crippen LogP contribution in [0.3, 0.4) is 0 Å². The summed E-state index contributed by atoms with van der Waals surface area (Å²) in [4.78, 5) is 2.29. The molecule has 0 radical (unpaired) electrons. The largest absolute Gasteiger partial charge is 0.439 e. The third-order valence-corrected chi connectivity index (χ3v) is 7.58. The number of ether oxygens (including phenoxy) is 1. The summed E-state index contributed by atoms with van der Waals surface area (Å²) in [6, 6.07) is 42.4. The van der Waals surface area contributed by atoms with Crippen LogP contribution in [0.1, 0.15) is 22.3 Å². The average Bonchev–Trinajstić information content (AvgIpc) is 3.35. The number of nitrogens with zero attached hydrogens (tertiary/aromatic N) is 1. The van der Waals surface area contributed by atoms with Gasteiger partial charge in [0.25, 0.3) is 0 Å². The van der Waals surface area contributed by atoms with Crippen molar-refractivity contribution >= 4 is 22.0 Å². The summed E-state index contributed by atoms with van der Waals surface area (Å²) in [5.74, 6) is 1.72.